The van der Waals surface area contributed by atoms with Crippen LogP contribution in [0.4, 0.5) is 0 Å². The van der Waals surface area contributed by atoms with Gasteiger partial charge in [0, 0.05) is 31.9 Å². The van der Waals surface area contributed by atoms with Gasteiger partial charge < -0.3 is 15.4 Å². The van der Waals surface area contributed by atoms with Crippen LogP contribution in [0, 0.1) is 0 Å². The summed E-state index contributed by atoms with van der Waals surface area (Å²) in [6, 6.07) is 18.2. The largest absolute Gasteiger partial charge is 0.494 e. The van der Waals surface area contributed by atoms with Gasteiger partial charge in [0.15, 0.2) is 5.96 Å². The molecule has 1 aromatic heterocycles. The SMILES string of the molecule is CCOc1ccccc1CNC(=NC)NCCc1cnn(-c2ccccc2)c1.I. The highest BCUT2D eigenvalue weighted by Crippen LogP contribution is 2.17. The number of halogens is 1. The molecule has 0 saturated heterocycles. The minimum Gasteiger partial charge on any atom is -0.494 e. The van der Waals surface area contributed by atoms with Crippen LogP contribution in [0.1, 0.15) is 18.1 Å². The van der Waals surface area contributed by atoms with E-state index in [1.165, 1.54) is 5.56 Å². The standard InChI is InChI=1S/C22H27N5O.HI/c1-3-28-21-12-8-7-9-19(21)16-25-22(23-2)24-14-13-18-15-26-27(17-18)20-10-5-4-6-11-20;/h4-12,15,17H,3,13-14,16H2,1-2H3,(H2,23,24,25);1H. The number of nitrogens with one attached hydrogen (secondary N) is 2. The van der Waals surface area contributed by atoms with Gasteiger partial charge in [-0.2, -0.15) is 5.10 Å². The van der Waals surface area contributed by atoms with E-state index in [4.69, 9.17) is 4.74 Å². The summed E-state index contributed by atoms with van der Waals surface area (Å²) >= 11 is 0. The lowest BCUT2D eigenvalue weighted by Crippen LogP contribution is -2.37. The Morgan fingerprint density at radius 1 is 1.07 bits per heavy atom. The molecule has 0 aliphatic carbocycles. The van der Waals surface area contributed by atoms with Crippen LogP contribution in [0.25, 0.3) is 5.69 Å². The molecule has 0 saturated carbocycles. The summed E-state index contributed by atoms with van der Waals surface area (Å²) in [6.07, 6.45) is 4.83. The van der Waals surface area contributed by atoms with Gasteiger partial charge in [0.25, 0.3) is 0 Å². The average Bonchev–Trinajstić information content (AvgIpc) is 3.21. The summed E-state index contributed by atoms with van der Waals surface area (Å²) < 4.78 is 7.57. The molecule has 154 valence electrons. The van der Waals surface area contributed by atoms with Gasteiger partial charge >= 0.3 is 0 Å². The second kappa shape index (κ2) is 12.1. The number of benzene rings is 2. The Morgan fingerprint density at radius 3 is 2.59 bits per heavy atom. The van der Waals surface area contributed by atoms with E-state index in [1.807, 2.05) is 66.3 Å². The molecule has 0 fully saturated rings. The molecule has 0 aliphatic heterocycles. The third kappa shape index (κ3) is 6.77. The Bertz CT molecular complexity index is 895. The lowest BCUT2D eigenvalue weighted by atomic mass is 10.2. The maximum absolute atomic E-state index is 5.67. The number of aromatic nitrogens is 2. The zero-order chi connectivity index (χ0) is 19.6. The number of aliphatic imine (C=N–C) groups is 1. The molecule has 3 aromatic rings. The van der Waals surface area contributed by atoms with Crippen LogP contribution in [0.15, 0.2) is 72.0 Å². The van der Waals surface area contributed by atoms with Gasteiger partial charge in [-0.3, -0.25) is 4.99 Å². The number of guanidine groups is 1. The number of rotatable bonds is 8. The van der Waals surface area contributed by atoms with Gasteiger partial charge in [0.1, 0.15) is 5.75 Å². The van der Waals surface area contributed by atoms with E-state index in [0.29, 0.717) is 13.2 Å². The van der Waals surface area contributed by atoms with Gasteiger partial charge in [-0.05, 0) is 37.1 Å². The zero-order valence-corrected chi connectivity index (χ0v) is 19.2. The first-order valence-corrected chi connectivity index (χ1v) is 9.54. The molecule has 0 atom stereocenters. The molecule has 2 aromatic carbocycles. The number of para-hydroxylation sites is 2. The Balaban J connectivity index is 0.00000300. The molecule has 0 radical (unpaired) electrons. The quantitative estimate of drug-likeness (QED) is 0.278. The van der Waals surface area contributed by atoms with Gasteiger partial charge in [-0.1, -0.05) is 36.4 Å². The molecular weight excluding hydrogens is 477 g/mol. The molecule has 3 rings (SSSR count). The monoisotopic (exact) mass is 505 g/mol. The van der Waals surface area contributed by atoms with Crippen molar-refractivity contribution in [2.75, 3.05) is 20.2 Å². The lowest BCUT2D eigenvalue weighted by molar-refractivity contribution is 0.336. The smallest absolute Gasteiger partial charge is 0.191 e. The lowest BCUT2D eigenvalue weighted by Gasteiger charge is -2.14. The highest BCUT2D eigenvalue weighted by atomic mass is 127. The van der Waals surface area contributed by atoms with E-state index in [-0.39, 0.29) is 24.0 Å². The molecule has 29 heavy (non-hydrogen) atoms. The summed E-state index contributed by atoms with van der Waals surface area (Å²) in [6.45, 7) is 4.07. The van der Waals surface area contributed by atoms with Crippen molar-refractivity contribution in [2.45, 2.75) is 19.9 Å². The van der Waals surface area contributed by atoms with Crippen molar-refractivity contribution in [1.29, 1.82) is 0 Å². The highest BCUT2D eigenvalue weighted by molar-refractivity contribution is 14.0. The Labute approximate surface area is 189 Å². The van der Waals surface area contributed by atoms with E-state index in [1.54, 1.807) is 7.05 Å². The predicted molar refractivity (Wildman–Crippen MR) is 128 cm³/mol. The van der Waals surface area contributed by atoms with Gasteiger partial charge in [-0.15, -0.1) is 24.0 Å². The minimum absolute atomic E-state index is 0. The number of ether oxygens (including phenoxy) is 1. The molecule has 0 bridgehead atoms. The fourth-order valence-electron chi connectivity index (χ4n) is 2.88. The van der Waals surface area contributed by atoms with Crippen LogP contribution < -0.4 is 15.4 Å². The van der Waals surface area contributed by atoms with Crippen molar-refractivity contribution in [1.82, 2.24) is 20.4 Å². The molecule has 0 aliphatic rings. The molecule has 1 heterocycles. The topological polar surface area (TPSA) is 63.5 Å². The summed E-state index contributed by atoms with van der Waals surface area (Å²) in [7, 11) is 1.78. The van der Waals surface area contributed by atoms with Crippen molar-refractivity contribution >= 4 is 29.9 Å². The van der Waals surface area contributed by atoms with Crippen molar-refractivity contribution in [3.8, 4) is 11.4 Å². The summed E-state index contributed by atoms with van der Waals surface area (Å²) in [5.74, 6) is 1.67. The van der Waals surface area contributed by atoms with Crippen molar-refractivity contribution in [3.63, 3.8) is 0 Å². The average molecular weight is 505 g/mol. The molecule has 0 amide bonds. The van der Waals surface area contributed by atoms with Gasteiger partial charge in [0.2, 0.25) is 0 Å². The fourth-order valence-corrected chi connectivity index (χ4v) is 2.88. The summed E-state index contributed by atoms with van der Waals surface area (Å²) in [4.78, 5) is 4.30. The highest BCUT2D eigenvalue weighted by Gasteiger charge is 2.05. The number of nitrogens with zero attached hydrogens (tertiary/aromatic N) is 3. The second-order valence-electron chi connectivity index (χ2n) is 6.27. The predicted octanol–water partition coefficient (Wildman–Crippen LogP) is 3.80. The van der Waals surface area contributed by atoms with Crippen LogP contribution in [0.2, 0.25) is 0 Å². The van der Waals surface area contributed by atoms with E-state index in [2.05, 4.69) is 33.0 Å². The van der Waals surface area contributed by atoms with E-state index in [9.17, 15) is 0 Å². The van der Waals surface area contributed by atoms with Crippen LogP contribution in [-0.2, 0) is 13.0 Å². The summed E-state index contributed by atoms with van der Waals surface area (Å²) in [5, 5.41) is 11.1. The third-order valence-electron chi connectivity index (χ3n) is 4.31. The minimum atomic E-state index is 0. The van der Waals surface area contributed by atoms with Crippen molar-refractivity contribution in [2.24, 2.45) is 4.99 Å². The summed E-state index contributed by atoms with van der Waals surface area (Å²) in [5.41, 5.74) is 3.34. The first-order valence-electron chi connectivity index (χ1n) is 9.54. The number of hydrogen-bond donors (Lipinski definition) is 2. The fraction of sp³-hybridized carbons (Fsp3) is 0.273. The van der Waals surface area contributed by atoms with E-state index < -0.39 is 0 Å². The Morgan fingerprint density at radius 2 is 1.83 bits per heavy atom. The number of hydrogen-bond acceptors (Lipinski definition) is 3. The molecular formula is C22H28IN5O. The maximum Gasteiger partial charge on any atom is 0.191 e. The normalized spacial score (nSPS) is 10.9. The van der Waals surface area contributed by atoms with Crippen molar-refractivity contribution in [3.05, 3.63) is 78.1 Å². The first-order chi connectivity index (χ1) is 13.8. The van der Waals surface area contributed by atoms with Crippen LogP contribution in [0.5, 0.6) is 5.75 Å². The van der Waals surface area contributed by atoms with E-state index in [0.717, 1.165) is 35.9 Å². The molecule has 6 nitrogen and oxygen atoms in total. The van der Waals surface area contributed by atoms with Crippen LogP contribution in [0.3, 0.4) is 0 Å². The zero-order valence-electron chi connectivity index (χ0n) is 16.8. The van der Waals surface area contributed by atoms with Crippen LogP contribution in [-0.4, -0.2) is 35.9 Å². The van der Waals surface area contributed by atoms with Gasteiger partial charge in [0.05, 0.1) is 18.5 Å². The Kier molecular flexibility index (Phi) is 9.49. The molecule has 7 heteroatoms. The molecule has 0 spiro atoms. The second-order valence-corrected chi connectivity index (χ2v) is 6.27. The first kappa shape index (κ1) is 22.7. The Hall–Kier alpha value is -2.55. The van der Waals surface area contributed by atoms with E-state index >= 15 is 0 Å². The molecule has 2 N–H and O–H groups in total. The molecule has 0 unspecified atom stereocenters. The van der Waals surface area contributed by atoms with Gasteiger partial charge in [-0.25, -0.2) is 4.68 Å². The third-order valence-corrected chi connectivity index (χ3v) is 4.31. The van der Waals surface area contributed by atoms with Crippen molar-refractivity contribution < 1.29 is 4.74 Å². The van der Waals surface area contributed by atoms with Crippen LogP contribution >= 0.6 is 24.0 Å². The maximum atomic E-state index is 5.67.